The van der Waals surface area contributed by atoms with Gasteiger partial charge < -0.3 is 5.32 Å². The molecule has 174 valence electrons. The number of sulfonamides is 1. The number of carbonyl (C=O) groups is 1. The standard InChI is InChI=1S/C24H22N4O4S2/c1-17-11-13-22(33-17)21-12-14-24(30)28(26-21)16-23(29)25-18-7-6-10-20(15-18)34(31,32)27(2)19-8-4-3-5-9-19/h3-15H,16H2,1-2H3,(H,25,29). The monoisotopic (exact) mass is 494 g/mol. The molecule has 0 saturated heterocycles. The number of para-hydroxylation sites is 1. The minimum Gasteiger partial charge on any atom is -0.324 e. The summed E-state index contributed by atoms with van der Waals surface area (Å²) >= 11 is 1.54. The van der Waals surface area contributed by atoms with Crippen LogP contribution in [-0.2, 0) is 21.4 Å². The first kappa shape index (κ1) is 23.4. The van der Waals surface area contributed by atoms with Gasteiger partial charge in [-0.15, -0.1) is 11.3 Å². The maximum atomic E-state index is 13.0. The second kappa shape index (κ2) is 9.62. The lowest BCUT2D eigenvalue weighted by molar-refractivity contribution is -0.117. The van der Waals surface area contributed by atoms with Crippen LogP contribution in [0.4, 0.5) is 11.4 Å². The minimum atomic E-state index is -3.83. The normalized spacial score (nSPS) is 11.2. The highest BCUT2D eigenvalue weighted by molar-refractivity contribution is 7.92. The summed E-state index contributed by atoms with van der Waals surface area (Å²) in [5, 5.41) is 6.96. The quantitative estimate of drug-likeness (QED) is 0.422. The fourth-order valence-corrected chi connectivity index (χ4v) is 5.35. The van der Waals surface area contributed by atoms with Crippen molar-refractivity contribution in [3.8, 4) is 10.6 Å². The van der Waals surface area contributed by atoms with Gasteiger partial charge in [-0.3, -0.25) is 13.9 Å². The maximum absolute atomic E-state index is 13.0. The van der Waals surface area contributed by atoms with Crippen LogP contribution in [0, 0.1) is 6.92 Å². The summed E-state index contributed by atoms with van der Waals surface area (Å²) < 4.78 is 28.3. The predicted octanol–water partition coefficient (Wildman–Crippen LogP) is 3.74. The van der Waals surface area contributed by atoms with Crippen molar-refractivity contribution in [2.45, 2.75) is 18.4 Å². The third kappa shape index (κ3) is 5.08. The molecule has 0 fully saturated rings. The first-order valence-corrected chi connectivity index (χ1v) is 12.6. The number of rotatable bonds is 7. The number of benzene rings is 2. The van der Waals surface area contributed by atoms with Crippen LogP contribution in [0.15, 0.2) is 88.6 Å². The van der Waals surface area contributed by atoms with E-state index in [0.29, 0.717) is 17.1 Å². The van der Waals surface area contributed by atoms with E-state index in [9.17, 15) is 18.0 Å². The smallest absolute Gasteiger partial charge is 0.267 e. The zero-order chi connectivity index (χ0) is 24.3. The highest BCUT2D eigenvalue weighted by Crippen LogP contribution is 2.25. The molecule has 0 aliphatic heterocycles. The van der Waals surface area contributed by atoms with E-state index in [1.54, 1.807) is 59.9 Å². The number of thiophene rings is 1. The number of aryl methyl sites for hydroxylation is 1. The summed E-state index contributed by atoms with van der Waals surface area (Å²) in [5.74, 6) is -0.500. The second-order valence-corrected chi connectivity index (χ2v) is 10.8. The van der Waals surface area contributed by atoms with Crippen LogP contribution in [0.25, 0.3) is 10.6 Å². The number of hydrogen-bond acceptors (Lipinski definition) is 6. The van der Waals surface area contributed by atoms with Gasteiger partial charge >= 0.3 is 0 Å². The van der Waals surface area contributed by atoms with Crippen LogP contribution in [0.1, 0.15) is 4.88 Å². The minimum absolute atomic E-state index is 0.0296. The Kier molecular flexibility index (Phi) is 6.62. The van der Waals surface area contributed by atoms with E-state index in [1.165, 1.54) is 29.6 Å². The number of nitrogens with one attached hydrogen (secondary N) is 1. The molecule has 0 radical (unpaired) electrons. The molecule has 2 aromatic carbocycles. The molecule has 0 aliphatic rings. The lowest BCUT2D eigenvalue weighted by Gasteiger charge is -2.20. The van der Waals surface area contributed by atoms with Crippen molar-refractivity contribution in [3.05, 3.63) is 94.1 Å². The van der Waals surface area contributed by atoms with E-state index in [-0.39, 0.29) is 11.4 Å². The van der Waals surface area contributed by atoms with Crippen molar-refractivity contribution in [1.82, 2.24) is 9.78 Å². The fourth-order valence-electron chi connectivity index (χ4n) is 3.27. The molecule has 0 atom stereocenters. The lowest BCUT2D eigenvalue weighted by atomic mass is 10.3. The predicted molar refractivity (Wildman–Crippen MR) is 134 cm³/mol. The SMILES string of the molecule is Cc1ccc(-c2ccc(=O)n(CC(=O)Nc3cccc(S(=O)(=O)N(C)c4ccccc4)c3)n2)s1. The largest absolute Gasteiger partial charge is 0.324 e. The Morgan fingerprint density at radius 1 is 1.03 bits per heavy atom. The van der Waals surface area contributed by atoms with Crippen molar-refractivity contribution in [2.24, 2.45) is 0 Å². The summed E-state index contributed by atoms with van der Waals surface area (Å²) in [7, 11) is -2.37. The fraction of sp³-hybridized carbons (Fsp3) is 0.125. The zero-order valence-electron chi connectivity index (χ0n) is 18.5. The van der Waals surface area contributed by atoms with Gasteiger partial charge in [0.1, 0.15) is 12.2 Å². The van der Waals surface area contributed by atoms with Crippen molar-refractivity contribution in [3.63, 3.8) is 0 Å². The molecule has 2 heterocycles. The van der Waals surface area contributed by atoms with E-state index in [4.69, 9.17) is 0 Å². The first-order valence-electron chi connectivity index (χ1n) is 10.3. The van der Waals surface area contributed by atoms with Gasteiger partial charge in [-0.05, 0) is 55.5 Å². The van der Waals surface area contributed by atoms with E-state index >= 15 is 0 Å². The van der Waals surface area contributed by atoms with Gasteiger partial charge in [0.25, 0.3) is 15.6 Å². The molecule has 4 rings (SSSR count). The third-order valence-corrected chi connectivity index (χ3v) is 7.85. The third-order valence-electron chi connectivity index (χ3n) is 5.05. The Balaban J connectivity index is 1.52. The van der Waals surface area contributed by atoms with E-state index in [2.05, 4.69) is 10.4 Å². The molecule has 1 amide bonds. The Morgan fingerprint density at radius 3 is 2.50 bits per heavy atom. The van der Waals surface area contributed by atoms with Gasteiger partial charge in [-0.2, -0.15) is 5.10 Å². The van der Waals surface area contributed by atoms with Crippen LogP contribution in [0.3, 0.4) is 0 Å². The molecule has 2 aromatic heterocycles. The summed E-state index contributed by atoms with van der Waals surface area (Å²) in [5.41, 5.74) is 1.00. The molecular formula is C24H22N4O4S2. The molecule has 34 heavy (non-hydrogen) atoms. The highest BCUT2D eigenvalue weighted by atomic mass is 32.2. The summed E-state index contributed by atoms with van der Waals surface area (Å²) in [6, 6.07) is 21.5. The Bertz CT molecular complexity index is 1490. The van der Waals surface area contributed by atoms with E-state index in [1.807, 2.05) is 19.1 Å². The lowest BCUT2D eigenvalue weighted by Crippen LogP contribution is -2.29. The van der Waals surface area contributed by atoms with Gasteiger partial charge in [0.15, 0.2) is 0 Å². The molecule has 0 spiro atoms. The van der Waals surface area contributed by atoms with Gasteiger partial charge in [0.05, 0.1) is 15.5 Å². The maximum Gasteiger partial charge on any atom is 0.267 e. The van der Waals surface area contributed by atoms with Crippen molar-refractivity contribution in [1.29, 1.82) is 0 Å². The van der Waals surface area contributed by atoms with Crippen molar-refractivity contribution >= 4 is 38.6 Å². The van der Waals surface area contributed by atoms with Gasteiger partial charge in [-0.1, -0.05) is 24.3 Å². The number of hydrogen-bond donors (Lipinski definition) is 1. The Morgan fingerprint density at radius 2 is 1.79 bits per heavy atom. The Hall–Kier alpha value is -3.76. The molecule has 0 unspecified atom stereocenters. The van der Waals surface area contributed by atoms with Gasteiger partial charge in [0.2, 0.25) is 5.91 Å². The van der Waals surface area contributed by atoms with E-state index in [0.717, 1.165) is 14.4 Å². The molecule has 10 heteroatoms. The second-order valence-electron chi connectivity index (χ2n) is 7.51. The topological polar surface area (TPSA) is 101 Å². The highest BCUT2D eigenvalue weighted by Gasteiger charge is 2.21. The number of carbonyl (C=O) groups excluding carboxylic acids is 1. The molecule has 0 saturated carbocycles. The van der Waals surface area contributed by atoms with Crippen LogP contribution in [-0.4, -0.2) is 31.2 Å². The van der Waals surface area contributed by atoms with Crippen LogP contribution >= 0.6 is 11.3 Å². The van der Waals surface area contributed by atoms with Crippen LogP contribution in [0.5, 0.6) is 0 Å². The summed E-state index contributed by atoms with van der Waals surface area (Å²) in [6.45, 7) is 1.67. The number of anilines is 2. The first-order chi connectivity index (χ1) is 16.2. The van der Waals surface area contributed by atoms with Crippen LogP contribution < -0.4 is 15.2 Å². The summed E-state index contributed by atoms with van der Waals surface area (Å²) in [4.78, 5) is 26.9. The summed E-state index contributed by atoms with van der Waals surface area (Å²) in [6.07, 6.45) is 0. The Labute approximate surface area is 201 Å². The number of nitrogens with zero attached hydrogens (tertiary/aromatic N) is 3. The van der Waals surface area contributed by atoms with Gasteiger partial charge in [-0.25, -0.2) is 13.1 Å². The molecule has 8 nitrogen and oxygen atoms in total. The number of aromatic nitrogens is 2. The zero-order valence-corrected chi connectivity index (χ0v) is 20.1. The van der Waals surface area contributed by atoms with Crippen molar-refractivity contribution < 1.29 is 13.2 Å². The average molecular weight is 495 g/mol. The molecule has 0 aliphatic carbocycles. The molecule has 4 aromatic rings. The van der Waals surface area contributed by atoms with E-state index < -0.39 is 21.5 Å². The molecule has 1 N–H and O–H groups in total. The molecular weight excluding hydrogens is 472 g/mol. The molecule has 0 bridgehead atoms. The van der Waals surface area contributed by atoms with Crippen LogP contribution in [0.2, 0.25) is 0 Å². The average Bonchev–Trinajstić information content (AvgIpc) is 3.27. The number of amides is 1. The van der Waals surface area contributed by atoms with Crippen molar-refractivity contribution in [2.75, 3.05) is 16.7 Å². The van der Waals surface area contributed by atoms with Gasteiger partial charge in [0, 0.05) is 23.7 Å².